The molecule has 0 unspecified atom stereocenters. The van der Waals surface area contributed by atoms with Crippen LogP contribution in [-0.2, 0) is 4.79 Å². The van der Waals surface area contributed by atoms with Gasteiger partial charge in [0.05, 0.1) is 6.21 Å². The smallest absolute Gasteiger partial charge is 0.277 e. The highest BCUT2D eigenvalue weighted by atomic mass is 16.5. The number of pyridine rings is 1. The maximum atomic E-state index is 11.6. The molecule has 0 aliphatic rings. The molecule has 0 bridgehead atoms. The molecule has 0 aliphatic carbocycles. The van der Waals surface area contributed by atoms with Crippen LogP contribution < -0.4 is 10.2 Å². The molecule has 0 spiro atoms. The molecule has 0 aliphatic heterocycles. The maximum Gasteiger partial charge on any atom is 0.277 e. The Morgan fingerprint density at radius 3 is 2.55 bits per heavy atom. The van der Waals surface area contributed by atoms with Crippen LogP contribution in [-0.4, -0.2) is 23.7 Å². The second-order valence-corrected chi connectivity index (χ2v) is 5.09. The van der Waals surface area contributed by atoms with E-state index in [1.807, 2.05) is 24.3 Å². The summed E-state index contributed by atoms with van der Waals surface area (Å²) in [5.41, 5.74) is 4.51. The Morgan fingerprint density at radius 2 is 1.91 bits per heavy atom. The SMILES string of the molecule is CC(C)c1ccc(OCC(=O)NN=Cc2ccncc2)cc1. The van der Waals surface area contributed by atoms with Gasteiger partial charge >= 0.3 is 0 Å². The van der Waals surface area contributed by atoms with Gasteiger partial charge in [-0.15, -0.1) is 0 Å². The molecule has 5 nitrogen and oxygen atoms in total. The molecule has 1 aromatic carbocycles. The van der Waals surface area contributed by atoms with Gasteiger partial charge in [-0.2, -0.15) is 5.10 Å². The fraction of sp³-hybridized carbons (Fsp3) is 0.235. The molecule has 1 amide bonds. The largest absolute Gasteiger partial charge is 0.484 e. The van der Waals surface area contributed by atoms with Crippen LogP contribution in [0.4, 0.5) is 0 Å². The number of hydrazone groups is 1. The molecular weight excluding hydrogens is 278 g/mol. The van der Waals surface area contributed by atoms with Crippen molar-refractivity contribution in [2.75, 3.05) is 6.61 Å². The fourth-order valence-corrected chi connectivity index (χ4v) is 1.76. The van der Waals surface area contributed by atoms with Crippen molar-refractivity contribution in [1.29, 1.82) is 0 Å². The minimum atomic E-state index is -0.307. The Labute approximate surface area is 130 Å². The van der Waals surface area contributed by atoms with Crippen molar-refractivity contribution >= 4 is 12.1 Å². The average Bonchev–Trinajstić information content (AvgIpc) is 2.54. The van der Waals surface area contributed by atoms with Crippen molar-refractivity contribution in [3.8, 4) is 5.75 Å². The van der Waals surface area contributed by atoms with Crippen LogP contribution in [0, 0.1) is 0 Å². The van der Waals surface area contributed by atoms with E-state index in [2.05, 4.69) is 29.4 Å². The second-order valence-electron chi connectivity index (χ2n) is 5.09. The van der Waals surface area contributed by atoms with Crippen LogP contribution in [0.5, 0.6) is 5.75 Å². The quantitative estimate of drug-likeness (QED) is 0.658. The van der Waals surface area contributed by atoms with Gasteiger partial charge in [0.2, 0.25) is 0 Å². The highest BCUT2D eigenvalue weighted by molar-refractivity contribution is 5.82. The van der Waals surface area contributed by atoms with Crippen LogP contribution in [0.25, 0.3) is 0 Å². The Morgan fingerprint density at radius 1 is 1.23 bits per heavy atom. The highest BCUT2D eigenvalue weighted by Crippen LogP contribution is 2.18. The molecule has 0 saturated heterocycles. The topological polar surface area (TPSA) is 63.6 Å². The third-order valence-corrected chi connectivity index (χ3v) is 3.03. The monoisotopic (exact) mass is 297 g/mol. The summed E-state index contributed by atoms with van der Waals surface area (Å²) in [7, 11) is 0. The number of benzene rings is 1. The molecule has 0 saturated carbocycles. The standard InChI is InChI=1S/C17H19N3O2/c1-13(2)15-3-5-16(6-4-15)22-12-17(21)20-19-11-14-7-9-18-10-8-14/h3-11,13H,12H2,1-2H3,(H,20,21). The third kappa shape index (κ3) is 5.01. The highest BCUT2D eigenvalue weighted by Gasteiger charge is 2.03. The van der Waals surface area contributed by atoms with Gasteiger partial charge in [-0.1, -0.05) is 26.0 Å². The van der Waals surface area contributed by atoms with Crippen molar-refractivity contribution in [2.24, 2.45) is 5.10 Å². The predicted octanol–water partition coefficient (Wildman–Crippen LogP) is 2.73. The Hall–Kier alpha value is -2.69. The molecule has 0 radical (unpaired) electrons. The maximum absolute atomic E-state index is 11.6. The van der Waals surface area contributed by atoms with E-state index in [0.717, 1.165) is 5.56 Å². The zero-order valence-corrected chi connectivity index (χ0v) is 12.7. The van der Waals surface area contributed by atoms with Crippen molar-refractivity contribution in [3.63, 3.8) is 0 Å². The molecule has 2 aromatic rings. The Kier molecular flexibility index (Phi) is 5.65. The number of amides is 1. The van der Waals surface area contributed by atoms with E-state index in [1.54, 1.807) is 30.7 Å². The molecule has 22 heavy (non-hydrogen) atoms. The molecule has 1 N–H and O–H groups in total. The lowest BCUT2D eigenvalue weighted by atomic mass is 10.0. The number of hydrogen-bond donors (Lipinski definition) is 1. The molecule has 0 fully saturated rings. The van der Waals surface area contributed by atoms with Gasteiger partial charge in [0.1, 0.15) is 5.75 Å². The van der Waals surface area contributed by atoms with E-state index in [1.165, 1.54) is 5.56 Å². The summed E-state index contributed by atoms with van der Waals surface area (Å²) in [5.74, 6) is 0.829. The minimum Gasteiger partial charge on any atom is -0.484 e. The first-order chi connectivity index (χ1) is 10.6. The van der Waals surface area contributed by atoms with Crippen LogP contribution in [0.1, 0.15) is 30.9 Å². The summed E-state index contributed by atoms with van der Waals surface area (Å²) >= 11 is 0. The zero-order chi connectivity index (χ0) is 15.8. The van der Waals surface area contributed by atoms with Crippen molar-refractivity contribution < 1.29 is 9.53 Å². The lowest BCUT2D eigenvalue weighted by molar-refractivity contribution is -0.123. The van der Waals surface area contributed by atoms with Crippen LogP contribution in [0.15, 0.2) is 53.9 Å². The van der Waals surface area contributed by atoms with E-state index < -0.39 is 0 Å². The predicted molar refractivity (Wildman–Crippen MR) is 86.0 cm³/mol. The van der Waals surface area contributed by atoms with Crippen molar-refractivity contribution in [2.45, 2.75) is 19.8 Å². The van der Waals surface area contributed by atoms with Gasteiger partial charge in [0.15, 0.2) is 6.61 Å². The number of ether oxygens (including phenoxy) is 1. The summed E-state index contributed by atoms with van der Waals surface area (Å²) < 4.78 is 5.41. The average molecular weight is 297 g/mol. The van der Waals surface area contributed by atoms with Gasteiger partial charge in [0.25, 0.3) is 5.91 Å². The van der Waals surface area contributed by atoms with Crippen LogP contribution >= 0.6 is 0 Å². The third-order valence-electron chi connectivity index (χ3n) is 3.03. The molecule has 114 valence electrons. The zero-order valence-electron chi connectivity index (χ0n) is 12.7. The number of aromatic nitrogens is 1. The van der Waals surface area contributed by atoms with Gasteiger partial charge in [-0.25, -0.2) is 5.43 Å². The number of carbonyl (C=O) groups excluding carboxylic acids is 1. The molecular formula is C17H19N3O2. The summed E-state index contributed by atoms with van der Waals surface area (Å²) in [4.78, 5) is 15.5. The summed E-state index contributed by atoms with van der Waals surface area (Å²) in [5, 5.41) is 3.86. The Balaban J connectivity index is 1.77. The minimum absolute atomic E-state index is 0.0747. The van der Waals surface area contributed by atoms with E-state index in [-0.39, 0.29) is 12.5 Å². The van der Waals surface area contributed by atoms with E-state index in [9.17, 15) is 4.79 Å². The summed E-state index contributed by atoms with van der Waals surface area (Å²) in [6, 6.07) is 11.3. The molecule has 1 aromatic heterocycles. The van der Waals surface area contributed by atoms with E-state index >= 15 is 0 Å². The van der Waals surface area contributed by atoms with E-state index in [4.69, 9.17) is 4.74 Å². The summed E-state index contributed by atoms with van der Waals surface area (Å²) in [6.07, 6.45) is 4.87. The van der Waals surface area contributed by atoms with Crippen molar-refractivity contribution in [3.05, 3.63) is 59.9 Å². The number of nitrogens with one attached hydrogen (secondary N) is 1. The summed E-state index contributed by atoms with van der Waals surface area (Å²) in [6.45, 7) is 4.18. The number of hydrogen-bond acceptors (Lipinski definition) is 4. The van der Waals surface area contributed by atoms with Crippen LogP contribution in [0.2, 0.25) is 0 Å². The van der Waals surface area contributed by atoms with Gasteiger partial charge in [-0.3, -0.25) is 9.78 Å². The molecule has 2 rings (SSSR count). The first kappa shape index (κ1) is 15.7. The fourth-order valence-electron chi connectivity index (χ4n) is 1.76. The van der Waals surface area contributed by atoms with Gasteiger partial charge < -0.3 is 4.74 Å². The second kappa shape index (κ2) is 7.93. The van der Waals surface area contributed by atoms with Crippen molar-refractivity contribution in [1.82, 2.24) is 10.4 Å². The lowest BCUT2D eigenvalue weighted by Gasteiger charge is -2.08. The van der Waals surface area contributed by atoms with Gasteiger partial charge in [0, 0.05) is 12.4 Å². The lowest BCUT2D eigenvalue weighted by Crippen LogP contribution is -2.24. The Bertz CT molecular complexity index is 622. The first-order valence-corrected chi connectivity index (χ1v) is 7.10. The molecule has 1 heterocycles. The number of nitrogens with zero attached hydrogens (tertiary/aromatic N) is 2. The number of rotatable bonds is 6. The number of carbonyl (C=O) groups is 1. The van der Waals surface area contributed by atoms with Gasteiger partial charge in [-0.05, 0) is 41.3 Å². The normalized spacial score (nSPS) is 10.9. The molecule has 5 heteroatoms. The molecule has 0 atom stereocenters. The van der Waals surface area contributed by atoms with Crippen LogP contribution in [0.3, 0.4) is 0 Å². The van der Waals surface area contributed by atoms with E-state index in [0.29, 0.717) is 11.7 Å². The first-order valence-electron chi connectivity index (χ1n) is 7.10.